The Morgan fingerprint density at radius 2 is 1.70 bits per heavy atom. The fourth-order valence-electron chi connectivity index (χ4n) is 1.73. The number of nitrogens with zero attached hydrogens (tertiary/aromatic N) is 2. The predicted molar refractivity (Wildman–Crippen MR) is 91.9 cm³/mol. The molecule has 2 rings (SSSR count). The lowest BCUT2D eigenvalue weighted by Crippen LogP contribution is -2.13. The topological polar surface area (TPSA) is 115 Å². The Labute approximate surface area is 147 Å². The maximum atomic E-state index is 12.2. The van der Waals surface area contributed by atoms with E-state index in [-0.39, 0.29) is 5.56 Å². The highest BCUT2D eigenvalue weighted by atomic mass is 127. The van der Waals surface area contributed by atoms with E-state index >= 15 is 0 Å². The van der Waals surface area contributed by atoms with Crippen LogP contribution in [-0.4, -0.2) is 15.8 Å². The largest absolute Gasteiger partial charge is 0.322 e. The normalized spacial score (nSPS) is 10.2. The van der Waals surface area contributed by atoms with E-state index in [1.54, 1.807) is 24.3 Å². The van der Waals surface area contributed by atoms with Crippen LogP contribution in [0.2, 0.25) is 5.02 Å². The third kappa shape index (κ3) is 3.93. The third-order valence-corrected chi connectivity index (χ3v) is 3.91. The highest BCUT2D eigenvalue weighted by molar-refractivity contribution is 14.1. The van der Waals surface area contributed by atoms with Crippen LogP contribution in [0.1, 0.15) is 10.4 Å². The van der Waals surface area contributed by atoms with Gasteiger partial charge in [0.25, 0.3) is 17.3 Å². The molecule has 0 atom stereocenters. The lowest BCUT2D eigenvalue weighted by molar-refractivity contribution is -0.394. The van der Waals surface area contributed by atoms with Crippen LogP contribution in [0, 0.1) is 23.8 Å². The van der Waals surface area contributed by atoms with Crippen LogP contribution < -0.4 is 5.32 Å². The number of non-ortho nitro benzene ring substituents is 1. The molecule has 0 aliphatic carbocycles. The highest BCUT2D eigenvalue weighted by Gasteiger charge is 2.26. The standard InChI is InChI=1S/C13H7ClIN3O5/c14-12-10(5-9(17(20)21)6-11(12)18(22)23)13(19)16-8-3-1-7(15)2-4-8/h1-6H,(H,16,19). The number of nitro groups is 2. The van der Waals surface area contributed by atoms with Crippen molar-refractivity contribution < 1.29 is 14.6 Å². The molecular weight excluding hydrogens is 441 g/mol. The molecule has 0 aliphatic heterocycles. The van der Waals surface area contributed by atoms with Crippen molar-refractivity contribution in [3.8, 4) is 0 Å². The van der Waals surface area contributed by atoms with Gasteiger partial charge in [0.1, 0.15) is 5.02 Å². The van der Waals surface area contributed by atoms with E-state index in [2.05, 4.69) is 27.9 Å². The van der Waals surface area contributed by atoms with Crippen LogP contribution in [-0.2, 0) is 0 Å². The van der Waals surface area contributed by atoms with Gasteiger partial charge in [-0.1, -0.05) is 11.6 Å². The molecule has 0 saturated carbocycles. The Balaban J connectivity index is 2.44. The molecule has 118 valence electrons. The third-order valence-electron chi connectivity index (χ3n) is 2.79. The highest BCUT2D eigenvalue weighted by Crippen LogP contribution is 2.33. The summed E-state index contributed by atoms with van der Waals surface area (Å²) < 4.78 is 0.949. The van der Waals surface area contributed by atoms with Crippen molar-refractivity contribution in [1.82, 2.24) is 0 Å². The molecule has 2 aromatic rings. The summed E-state index contributed by atoms with van der Waals surface area (Å²) in [5.74, 6) is -0.775. The van der Waals surface area contributed by atoms with Crippen molar-refractivity contribution in [2.45, 2.75) is 0 Å². The summed E-state index contributed by atoms with van der Waals surface area (Å²) in [5.41, 5.74) is -1.20. The van der Waals surface area contributed by atoms with Gasteiger partial charge in [-0.3, -0.25) is 25.0 Å². The van der Waals surface area contributed by atoms with Crippen LogP contribution >= 0.6 is 34.2 Å². The van der Waals surface area contributed by atoms with E-state index in [1.807, 2.05) is 0 Å². The summed E-state index contributed by atoms with van der Waals surface area (Å²) in [4.78, 5) is 32.3. The molecule has 0 fully saturated rings. The summed E-state index contributed by atoms with van der Waals surface area (Å²) >= 11 is 7.93. The fourth-order valence-corrected chi connectivity index (χ4v) is 2.35. The second kappa shape index (κ2) is 6.87. The fraction of sp³-hybridized carbons (Fsp3) is 0. The van der Waals surface area contributed by atoms with Gasteiger partial charge in [0.05, 0.1) is 21.5 Å². The molecule has 1 N–H and O–H groups in total. The minimum absolute atomic E-state index is 0.342. The van der Waals surface area contributed by atoms with Gasteiger partial charge >= 0.3 is 0 Å². The van der Waals surface area contributed by atoms with Crippen molar-refractivity contribution in [1.29, 1.82) is 0 Å². The number of benzene rings is 2. The quantitative estimate of drug-likeness (QED) is 0.432. The van der Waals surface area contributed by atoms with Crippen molar-refractivity contribution >= 4 is 57.2 Å². The molecule has 0 radical (unpaired) electrons. The number of carbonyl (C=O) groups excluding carboxylic acids is 1. The van der Waals surface area contributed by atoms with Crippen molar-refractivity contribution in [3.05, 3.63) is 70.8 Å². The number of rotatable bonds is 4. The van der Waals surface area contributed by atoms with E-state index in [0.29, 0.717) is 11.8 Å². The molecule has 0 spiro atoms. The lowest BCUT2D eigenvalue weighted by atomic mass is 10.1. The van der Waals surface area contributed by atoms with Crippen molar-refractivity contribution in [2.75, 3.05) is 5.32 Å². The number of nitro benzene ring substituents is 2. The lowest BCUT2D eigenvalue weighted by Gasteiger charge is -2.07. The second-order valence-corrected chi connectivity index (χ2v) is 5.93. The minimum atomic E-state index is -0.878. The Morgan fingerprint density at radius 3 is 2.22 bits per heavy atom. The average Bonchev–Trinajstić information content (AvgIpc) is 2.49. The first-order chi connectivity index (χ1) is 10.8. The molecule has 0 saturated heterocycles. The Hall–Kier alpha value is -2.27. The van der Waals surface area contributed by atoms with Crippen molar-refractivity contribution in [3.63, 3.8) is 0 Å². The minimum Gasteiger partial charge on any atom is -0.322 e. The van der Waals surface area contributed by atoms with Gasteiger partial charge in [0, 0.05) is 15.3 Å². The monoisotopic (exact) mass is 447 g/mol. The van der Waals surface area contributed by atoms with Gasteiger partial charge in [-0.15, -0.1) is 0 Å². The van der Waals surface area contributed by atoms with Gasteiger partial charge in [-0.25, -0.2) is 0 Å². The molecule has 8 nitrogen and oxygen atoms in total. The molecule has 10 heteroatoms. The first-order valence-electron chi connectivity index (χ1n) is 5.99. The van der Waals surface area contributed by atoms with Gasteiger partial charge in [0.2, 0.25) is 0 Å². The Morgan fingerprint density at radius 1 is 1.09 bits per heavy atom. The molecule has 1 amide bonds. The summed E-state index contributed by atoms with van der Waals surface area (Å²) in [7, 11) is 0. The maximum absolute atomic E-state index is 12.2. The maximum Gasteiger partial charge on any atom is 0.295 e. The van der Waals surface area contributed by atoms with E-state index in [4.69, 9.17) is 11.6 Å². The van der Waals surface area contributed by atoms with Gasteiger partial charge in [0.15, 0.2) is 0 Å². The molecule has 23 heavy (non-hydrogen) atoms. The smallest absolute Gasteiger partial charge is 0.295 e. The summed E-state index contributed by atoms with van der Waals surface area (Å²) in [6, 6.07) is 8.35. The number of amides is 1. The number of hydrogen-bond donors (Lipinski definition) is 1. The summed E-state index contributed by atoms with van der Waals surface area (Å²) in [6.07, 6.45) is 0. The van der Waals surface area contributed by atoms with E-state index in [9.17, 15) is 25.0 Å². The first kappa shape index (κ1) is 17.1. The molecule has 0 bridgehead atoms. The molecule has 0 aliphatic rings. The number of hydrogen-bond acceptors (Lipinski definition) is 5. The van der Waals surface area contributed by atoms with E-state index in [0.717, 1.165) is 9.64 Å². The van der Waals surface area contributed by atoms with Crippen LogP contribution in [0.15, 0.2) is 36.4 Å². The molecule has 0 heterocycles. The van der Waals surface area contributed by atoms with Gasteiger partial charge in [-0.2, -0.15) is 0 Å². The summed E-state index contributed by atoms with van der Waals surface area (Å²) in [6.45, 7) is 0. The summed E-state index contributed by atoms with van der Waals surface area (Å²) in [5, 5.41) is 23.8. The zero-order valence-corrected chi connectivity index (χ0v) is 14.1. The zero-order chi connectivity index (χ0) is 17.1. The van der Waals surface area contributed by atoms with Crippen LogP contribution in [0.4, 0.5) is 17.1 Å². The molecule has 0 aromatic heterocycles. The molecular formula is C13H7ClIN3O5. The SMILES string of the molecule is O=C(Nc1ccc(I)cc1)c1cc([N+](=O)[O-])cc([N+](=O)[O-])c1Cl. The van der Waals surface area contributed by atoms with Crippen LogP contribution in [0.3, 0.4) is 0 Å². The van der Waals surface area contributed by atoms with Gasteiger partial charge < -0.3 is 5.32 Å². The zero-order valence-electron chi connectivity index (χ0n) is 11.2. The Bertz CT molecular complexity index is 810. The average molecular weight is 448 g/mol. The first-order valence-corrected chi connectivity index (χ1v) is 7.44. The van der Waals surface area contributed by atoms with Crippen molar-refractivity contribution in [2.24, 2.45) is 0 Å². The molecule has 0 unspecified atom stereocenters. The predicted octanol–water partition coefficient (Wildman–Crippen LogP) is 4.01. The van der Waals surface area contributed by atoms with Gasteiger partial charge in [-0.05, 0) is 46.9 Å². The van der Waals surface area contributed by atoms with Crippen LogP contribution in [0.25, 0.3) is 0 Å². The van der Waals surface area contributed by atoms with Crippen LogP contribution in [0.5, 0.6) is 0 Å². The number of halogens is 2. The number of anilines is 1. The second-order valence-electron chi connectivity index (χ2n) is 4.30. The number of nitrogens with one attached hydrogen (secondary N) is 1. The van der Waals surface area contributed by atoms with E-state index < -0.39 is 32.2 Å². The number of carbonyl (C=O) groups is 1. The van der Waals surface area contributed by atoms with E-state index in [1.165, 1.54) is 0 Å². The Kier molecular flexibility index (Phi) is 5.11. The molecule has 2 aromatic carbocycles.